The molecule has 9 atom stereocenters. The lowest BCUT2D eigenvalue weighted by molar-refractivity contribution is -0.0956. The predicted molar refractivity (Wildman–Crippen MR) is 273 cm³/mol. The van der Waals surface area contributed by atoms with Gasteiger partial charge >= 0.3 is 11.4 Å². The van der Waals surface area contributed by atoms with E-state index >= 15 is 0 Å². The van der Waals surface area contributed by atoms with E-state index in [0.29, 0.717) is 17.1 Å². The van der Waals surface area contributed by atoms with E-state index in [1.807, 2.05) is 78.9 Å². The van der Waals surface area contributed by atoms with Crippen molar-refractivity contribution in [2.45, 2.75) is 107 Å². The molecule has 3 aromatic carbocycles. The molecule has 2 aromatic heterocycles. The highest BCUT2D eigenvalue weighted by Gasteiger charge is 2.54. The molecule has 0 aliphatic carbocycles. The molecule has 2 N–H and O–H groups in total. The molecule has 2 saturated heterocycles. The summed E-state index contributed by atoms with van der Waals surface area (Å²) in [6, 6.07) is 24.9. The summed E-state index contributed by atoms with van der Waals surface area (Å²) in [7, 11) is 3.63. The maximum Gasteiger partial charge on any atom is 0.330 e. The third-order valence-corrected chi connectivity index (χ3v) is 19.9. The van der Waals surface area contributed by atoms with Crippen molar-refractivity contribution in [3.05, 3.63) is 161 Å². The zero-order valence-corrected chi connectivity index (χ0v) is 44.9. The third kappa shape index (κ3) is 11.2. The van der Waals surface area contributed by atoms with Crippen molar-refractivity contribution in [3.8, 4) is 11.5 Å². The van der Waals surface area contributed by atoms with Crippen LogP contribution < -0.4 is 32.0 Å². The van der Waals surface area contributed by atoms with E-state index in [9.17, 15) is 19.2 Å². The van der Waals surface area contributed by atoms with Crippen LogP contribution in [0.4, 0.5) is 0 Å². The molecule has 0 spiro atoms. The van der Waals surface area contributed by atoms with Crippen LogP contribution in [0.15, 0.2) is 110 Å². The number of aromatic nitrogens is 4. The van der Waals surface area contributed by atoms with Gasteiger partial charge in [-0.3, -0.25) is 28.7 Å². The summed E-state index contributed by atoms with van der Waals surface area (Å²) in [4.78, 5) is 56.6. The Balaban J connectivity index is 1.27. The standard InChI is InChI=1S/C50H65N4O14PSSi/c1-30-26-53(47(57)51-43(30)55)45-41(61-8)39(37(65-45)28-63-50(32-16-14-13-15-17-32,33-18-22-35(59-6)23-19-33)34-20-24-36(60-7)25-21-34)67-69(10,70)64-29-38-40(68-71(11,12)49(3,4)5)42(62-9)46(66-38)54-27-31(2)44(56)52-48(54)58/h13-27,37-42,45-46H,28-29H2,1-12H3,(H,51,55,57)(H,52,56,58)/t37-,38-,39-,40-,41-,42-,45-,46-,69?/m1/s1. The van der Waals surface area contributed by atoms with Crippen molar-refractivity contribution < 1.29 is 46.6 Å². The average Bonchev–Trinajstić information content (AvgIpc) is 3.86. The lowest BCUT2D eigenvalue weighted by atomic mass is 9.80. The molecule has 5 aromatic rings. The smallest absolute Gasteiger partial charge is 0.330 e. The second-order valence-electron chi connectivity index (χ2n) is 19.3. The van der Waals surface area contributed by atoms with Crippen molar-refractivity contribution in [2.24, 2.45) is 0 Å². The Labute approximate surface area is 418 Å². The SMILES string of the molecule is COc1ccc(C(OC[C@H]2O[C@@H](n3cc(C)c(=O)[nH]c3=O)[C@H](OC)[C@@H]2OP(C)(=S)OC[C@H]2O[C@@H](n3cc(C)c(=O)[nH]c3=O)[C@H](OC)[C@@H]2O[Si](C)(C)C(C)(C)C)(c2ccccc2)c2ccc(OC)cc2)cc1. The van der Waals surface area contributed by atoms with Crippen LogP contribution in [-0.2, 0) is 54.6 Å². The number of benzene rings is 3. The number of aromatic amines is 2. The van der Waals surface area contributed by atoms with Crippen LogP contribution in [0.25, 0.3) is 0 Å². The first-order valence-corrected chi connectivity index (χ1v) is 29.1. The van der Waals surface area contributed by atoms with Crippen LogP contribution in [0.5, 0.6) is 11.5 Å². The second-order valence-corrected chi connectivity index (χ2v) is 28.0. The molecule has 384 valence electrons. The van der Waals surface area contributed by atoms with Gasteiger partial charge in [0.1, 0.15) is 53.7 Å². The highest BCUT2D eigenvalue weighted by atomic mass is 32.5. The Morgan fingerprint density at radius 1 is 0.648 bits per heavy atom. The normalized spacial score (nSPS) is 23.7. The zero-order valence-electron chi connectivity index (χ0n) is 42.2. The highest BCUT2D eigenvalue weighted by Crippen LogP contribution is 2.52. The van der Waals surface area contributed by atoms with E-state index in [4.69, 9.17) is 58.4 Å². The first-order valence-electron chi connectivity index (χ1n) is 23.2. The van der Waals surface area contributed by atoms with Crippen molar-refractivity contribution in [1.29, 1.82) is 0 Å². The van der Waals surface area contributed by atoms with E-state index in [0.717, 1.165) is 16.7 Å². The number of H-pyrrole nitrogens is 2. The van der Waals surface area contributed by atoms with Crippen molar-refractivity contribution in [1.82, 2.24) is 19.1 Å². The summed E-state index contributed by atoms with van der Waals surface area (Å²) < 4.78 is 67.1. The van der Waals surface area contributed by atoms with Gasteiger partial charge in [0.2, 0.25) is 0 Å². The molecule has 2 fully saturated rings. The van der Waals surface area contributed by atoms with Gasteiger partial charge in [-0.1, -0.05) is 75.4 Å². The quantitative estimate of drug-likeness (QED) is 0.0531. The Kier molecular flexibility index (Phi) is 16.5. The molecule has 21 heteroatoms. The summed E-state index contributed by atoms with van der Waals surface area (Å²) in [5.74, 6) is 1.29. The number of methoxy groups -OCH3 is 4. The molecule has 7 rings (SSSR count). The van der Waals surface area contributed by atoms with E-state index < -0.39 is 92.0 Å². The molecular weight excluding hydrogens is 972 g/mol. The van der Waals surface area contributed by atoms with Crippen molar-refractivity contribution in [3.63, 3.8) is 0 Å². The topological polar surface area (TPSA) is 202 Å². The fraction of sp³-hybridized carbons (Fsp3) is 0.480. The number of nitrogens with zero attached hydrogens (tertiary/aromatic N) is 2. The van der Waals surface area contributed by atoms with Crippen LogP contribution in [-0.4, -0.2) is 112 Å². The molecular formula is C50H65N4O14PSSi. The number of ether oxygens (including phenoxy) is 7. The van der Waals surface area contributed by atoms with Gasteiger partial charge in [0, 0.05) is 44.4 Å². The van der Waals surface area contributed by atoms with Gasteiger partial charge in [-0.2, -0.15) is 0 Å². The van der Waals surface area contributed by atoms with Gasteiger partial charge in [0.05, 0.1) is 27.4 Å². The van der Waals surface area contributed by atoms with Crippen LogP contribution in [0.2, 0.25) is 18.1 Å². The number of hydrogen-bond acceptors (Lipinski definition) is 15. The molecule has 2 aliphatic rings. The fourth-order valence-corrected chi connectivity index (χ4v) is 11.7. The first-order chi connectivity index (χ1) is 33.6. The van der Waals surface area contributed by atoms with Crippen LogP contribution >= 0.6 is 6.49 Å². The summed E-state index contributed by atoms with van der Waals surface area (Å²) in [6.07, 6.45) is -4.69. The molecule has 0 amide bonds. The lowest BCUT2D eigenvalue weighted by Gasteiger charge is -2.40. The van der Waals surface area contributed by atoms with E-state index in [1.165, 1.54) is 35.7 Å². The summed E-state index contributed by atoms with van der Waals surface area (Å²) in [5, 5.41) is -0.223. The maximum absolute atomic E-state index is 13.6. The van der Waals surface area contributed by atoms with Crippen LogP contribution in [0.3, 0.4) is 0 Å². The largest absolute Gasteiger partial charge is 0.497 e. The predicted octanol–water partition coefficient (Wildman–Crippen LogP) is 6.29. The van der Waals surface area contributed by atoms with Gasteiger partial charge in [-0.15, -0.1) is 0 Å². The van der Waals surface area contributed by atoms with Gasteiger partial charge in [-0.25, -0.2) is 9.59 Å². The Bertz CT molecular complexity index is 2880. The monoisotopic (exact) mass is 1040 g/mol. The van der Waals surface area contributed by atoms with Crippen LogP contribution in [0, 0.1) is 13.8 Å². The highest BCUT2D eigenvalue weighted by molar-refractivity contribution is 8.09. The Morgan fingerprint density at radius 2 is 1.08 bits per heavy atom. The number of hydrogen-bond donors (Lipinski definition) is 2. The Hall–Kier alpha value is -4.83. The van der Waals surface area contributed by atoms with Crippen molar-refractivity contribution >= 4 is 26.6 Å². The minimum Gasteiger partial charge on any atom is -0.497 e. The number of rotatable bonds is 19. The van der Waals surface area contributed by atoms with Gasteiger partial charge in [0.25, 0.3) is 11.1 Å². The van der Waals surface area contributed by atoms with E-state index in [1.54, 1.807) is 34.7 Å². The molecule has 71 heavy (non-hydrogen) atoms. The maximum atomic E-state index is 13.6. The molecule has 4 heterocycles. The minimum atomic E-state index is -3.38. The third-order valence-electron chi connectivity index (χ3n) is 13.6. The summed E-state index contributed by atoms with van der Waals surface area (Å²) in [5.41, 5.74) is -0.839. The Morgan fingerprint density at radius 3 is 1.52 bits per heavy atom. The van der Waals surface area contributed by atoms with Gasteiger partial charge in [-0.05, 0) is 84.7 Å². The average molecular weight is 1040 g/mol. The molecule has 0 radical (unpaired) electrons. The molecule has 1 unspecified atom stereocenters. The summed E-state index contributed by atoms with van der Waals surface area (Å²) >= 11 is 6.22. The molecule has 0 saturated carbocycles. The fourth-order valence-electron chi connectivity index (χ4n) is 8.71. The van der Waals surface area contributed by atoms with Gasteiger partial charge in [0.15, 0.2) is 27.3 Å². The number of nitrogens with one attached hydrogen (secondary N) is 2. The van der Waals surface area contributed by atoms with Crippen molar-refractivity contribution in [2.75, 3.05) is 48.3 Å². The van der Waals surface area contributed by atoms with E-state index in [-0.39, 0.29) is 23.8 Å². The molecule has 0 bridgehead atoms. The lowest BCUT2D eigenvalue weighted by Crippen LogP contribution is -2.50. The van der Waals surface area contributed by atoms with Crippen LogP contribution in [0.1, 0.15) is 61.0 Å². The summed E-state index contributed by atoms with van der Waals surface area (Å²) in [6.45, 7) is 11.7. The minimum absolute atomic E-state index is 0.152. The number of aryl methyl sites for hydroxylation is 2. The zero-order chi connectivity index (χ0) is 51.6. The molecule has 2 aliphatic heterocycles. The van der Waals surface area contributed by atoms with Gasteiger partial charge < -0.3 is 46.6 Å². The van der Waals surface area contributed by atoms with E-state index in [2.05, 4.69) is 43.8 Å². The second kappa shape index (κ2) is 21.7. The first kappa shape index (κ1) is 54.0. The molecule has 18 nitrogen and oxygen atoms in total.